The molecule has 30 heteroatoms. The summed E-state index contributed by atoms with van der Waals surface area (Å²) in [5, 5.41) is 48.4. The molecule has 12 aromatic rings. The molecule has 3 N–H and O–H groups in total. The second kappa shape index (κ2) is 23.3. The van der Waals surface area contributed by atoms with Crippen molar-refractivity contribution in [3.05, 3.63) is 172 Å². The van der Waals surface area contributed by atoms with Gasteiger partial charge >= 0.3 is 0 Å². The SMILES string of the molecule is CCC1(C)C(=O)Nc2nc(-c3nn(Cc4ccccc4F)c4ncc(F)cc34)nnc21.COc1ccc(Cn2nc(-c3nnc4c(n3)NC(=O)C4(C)C)c3cc(F)cnc32)cc1.O=C1Nc2nc(-c3nn(Cc4ccccc4F)c4ncc(F)cc34)nnc2C12CCCC2. The average molecular weight is 1270 g/mol. The molecule has 1 spiro atoms. The second-order valence-corrected chi connectivity index (χ2v) is 23.6. The van der Waals surface area contributed by atoms with E-state index < -0.39 is 33.7 Å². The predicted octanol–water partition coefficient (Wildman–Crippen LogP) is 9.31. The Morgan fingerprint density at radius 1 is 0.500 bits per heavy atom. The highest BCUT2D eigenvalue weighted by Gasteiger charge is 2.51. The highest BCUT2D eigenvalue weighted by atomic mass is 19.1. The summed E-state index contributed by atoms with van der Waals surface area (Å²) < 4.78 is 80.2. The van der Waals surface area contributed by atoms with Gasteiger partial charge in [0.1, 0.15) is 69.0 Å². The van der Waals surface area contributed by atoms with E-state index in [1.165, 1.54) is 39.7 Å². The number of hydrogen-bond acceptors (Lipinski definition) is 19. The number of amides is 3. The summed E-state index contributed by atoms with van der Waals surface area (Å²) in [7, 11) is 1.61. The molecule has 25 nitrogen and oxygen atoms in total. The van der Waals surface area contributed by atoms with Gasteiger partial charge in [-0.1, -0.05) is 68.3 Å². The Hall–Kier alpha value is -11.6. The summed E-state index contributed by atoms with van der Waals surface area (Å²) >= 11 is 0. The third kappa shape index (κ3) is 10.4. The van der Waals surface area contributed by atoms with Gasteiger partial charge in [0, 0.05) is 11.1 Å². The van der Waals surface area contributed by atoms with E-state index in [0.717, 1.165) is 55.6 Å². The third-order valence-corrected chi connectivity index (χ3v) is 17.3. The van der Waals surface area contributed by atoms with Crippen LogP contribution in [0.3, 0.4) is 0 Å². The lowest BCUT2D eigenvalue weighted by molar-refractivity contribution is -0.121. The Labute approximate surface area is 528 Å². The smallest absolute Gasteiger partial charge is 0.238 e. The second-order valence-electron chi connectivity index (χ2n) is 23.6. The van der Waals surface area contributed by atoms with Crippen LogP contribution in [0.1, 0.15) is 93.6 Å². The van der Waals surface area contributed by atoms with E-state index in [0.29, 0.717) is 97.4 Å². The fourth-order valence-corrected chi connectivity index (χ4v) is 11.9. The van der Waals surface area contributed by atoms with Crippen LogP contribution < -0.4 is 20.7 Å². The van der Waals surface area contributed by atoms with Crippen LogP contribution in [-0.2, 0) is 50.3 Å². The van der Waals surface area contributed by atoms with Crippen LogP contribution in [0, 0.1) is 29.1 Å². The normalized spacial score (nSPS) is 16.3. The first-order valence-corrected chi connectivity index (χ1v) is 29.7. The molecule has 1 aliphatic carbocycles. The number of aromatic nitrogens is 18. The summed E-state index contributed by atoms with van der Waals surface area (Å²) in [6.07, 6.45) is 7.17. The van der Waals surface area contributed by atoms with Gasteiger partial charge in [0.05, 0.1) is 77.7 Å². The van der Waals surface area contributed by atoms with E-state index in [4.69, 9.17) is 4.74 Å². The molecule has 472 valence electrons. The number of carbonyl (C=O) groups excluding carboxylic acids is 3. The van der Waals surface area contributed by atoms with E-state index in [1.54, 1.807) is 69.0 Å². The maximum Gasteiger partial charge on any atom is 0.238 e. The first-order chi connectivity index (χ1) is 45.3. The lowest BCUT2D eigenvalue weighted by atomic mass is 9.84. The third-order valence-electron chi connectivity index (χ3n) is 17.3. The minimum absolute atomic E-state index is 0.0881. The molecule has 16 rings (SSSR count). The van der Waals surface area contributed by atoms with Gasteiger partial charge in [0.2, 0.25) is 35.2 Å². The molecule has 4 aliphatic rings. The molecule has 1 atom stereocenters. The lowest BCUT2D eigenvalue weighted by Gasteiger charge is -2.17. The molecule has 94 heavy (non-hydrogen) atoms. The number of pyridine rings is 3. The summed E-state index contributed by atoms with van der Waals surface area (Å²) in [4.78, 5) is 63.1. The zero-order chi connectivity index (χ0) is 65.4. The fourth-order valence-electron chi connectivity index (χ4n) is 11.9. The van der Waals surface area contributed by atoms with Crippen LogP contribution in [0.4, 0.5) is 39.4 Å². The molecule has 0 radical (unpaired) electrons. The molecular formula is C64H52F5N21O4. The molecule has 1 fully saturated rings. The predicted molar refractivity (Wildman–Crippen MR) is 329 cm³/mol. The van der Waals surface area contributed by atoms with Crippen LogP contribution in [0.25, 0.3) is 67.7 Å². The Morgan fingerprint density at radius 2 is 0.915 bits per heavy atom. The van der Waals surface area contributed by atoms with Crippen molar-refractivity contribution in [3.8, 4) is 40.3 Å². The molecule has 3 aliphatic heterocycles. The molecule has 0 saturated heterocycles. The monoisotopic (exact) mass is 1270 g/mol. The van der Waals surface area contributed by atoms with Crippen molar-refractivity contribution in [1.82, 2.24) is 89.8 Å². The zero-order valence-electron chi connectivity index (χ0n) is 50.6. The highest BCUT2D eigenvalue weighted by Crippen LogP contribution is 2.47. The van der Waals surface area contributed by atoms with Crippen molar-refractivity contribution in [2.24, 2.45) is 0 Å². The maximum absolute atomic E-state index is 14.2. The standard InChI is InChI=1S/C22H17F2N7O.C21H17F2N7O.C21H18FN7O2/c23-13-9-14-16(30-31(20(14)25-10-13)11-12-5-1-2-6-15(12)24)18-26-19-17(28-29-18)22(21(32)27-19)7-3-4-8-22;1-3-21(2)16-18(26-20(21)31)25-17(28-27-16)15-13-8-12(22)9-24-19(13)30(29-15)10-11-6-4-5-7-14(11)23;1-21(2)16-18(25-20(21)30)24-17(27-26-16)15-14-8-12(22)9-23-19(14)29(28-15)10-11-4-6-13(31-3)7-5-11/h1-2,5-6,9-10H,3-4,7-8,11H2,(H,26,27,29,32);4-9H,3,10H2,1-2H3,(H,25,26,28,31);4-9H,10H2,1-3H3,(H,24,25,27,30). The van der Waals surface area contributed by atoms with Crippen molar-refractivity contribution in [3.63, 3.8) is 0 Å². The van der Waals surface area contributed by atoms with Gasteiger partial charge in [-0.05, 0) is 88.1 Å². The van der Waals surface area contributed by atoms with Gasteiger partial charge in [-0.3, -0.25) is 14.4 Å². The first-order valence-electron chi connectivity index (χ1n) is 29.7. The number of rotatable bonds is 11. The molecule has 3 amide bonds. The number of hydrogen-bond donors (Lipinski definition) is 3. The van der Waals surface area contributed by atoms with E-state index in [9.17, 15) is 36.3 Å². The number of carbonyl (C=O) groups is 3. The van der Waals surface area contributed by atoms with Gasteiger partial charge in [-0.25, -0.2) is 65.9 Å². The first kappa shape index (κ1) is 60.0. The Morgan fingerprint density at radius 3 is 1.38 bits per heavy atom. The number of nitrogens with one attached hydrogen (secondary N) is 3. The van der Waals surface area contributed by atoms with Crippen molar-refractivity contribution in [2.75, 3.05) is 23.1 Å². The maximum atomic E-state index is 14.2. The molecular weight excluding hydrogens is 1220 g/mol. The van der Waals surface area contributed by atoms with Gasteiger partial charge in [-0.15, -0.1) is 30.6 Å². The van der Waals surface area contributed by atoms with E-state index in [2.05, 4.69) is 91.7 Å². The molecule has 1 saturated carbocycles. The number of halogens is 5. The van der Waals surface area contributed by atoms with Gasteiger partial charge in [0.15, 0.2) is 34.4 Å². The molecule has 12 heterocycles. The number of nitrogens with zero attached hydrogens (tertiary/aromatic N) is 18. The summed E-state index contributed by atoms with van der Waals surface area (Å²) in [6.45, 7) is 7.76. The minimum atomic E-state index is -0.822. The Bertz CT molecular complexity index is 5070. The van der Waals surface area contributed by atoms with Crippen LogP contribution in [0.5, 0.6) is 5.75 Å². The fraction of sp³-hybridized carbons (Fsp3) is 0.250. The molecule has 1 unspecified atom stereocenters. The molecule has 0 bridgehead atoms. The molecule has 9 aromatic heterocycles. The van der Waals surface area contributed by atoms with Gasteiger partial charge < -0.3 is 20.7 Å². The number of ether oxygens (including phenoxy) is 1. The highest BCUT2D eigenvalue weighted by molar-refractivity contribution is 6.06. The largest absolute Gasteiger partial charge is 0.497 e. The number of benzene rings is 3. The van der Waals surface area contributed by atoms with E-state index >= 15 is 0 Å². The topological polar surface area (TPSA) is 305 Å². The summed E-state index contributed by atoms with van der Waals surface area (Å²) in [5.41, 5.74) is 3.03. The van der Waals surface area contributed by atoms with E-state index in [-0.39, 0.29) is 71.3 Å². The summed E-state index contributed by atoms with van der Waals surface area (Å²) in [5.74, 6) is -0.675. The average Bonchev–Trinajstić information content (AvgIpc) is 1.59. The quantitative estimate of drug-likeness (QED) is 0.102. The molecule has 3 aromatic carbocycles. The lowest BCUT2D eigenvalue weighted by Crippen LogP contribution is -2.31. The van der Waals surface area contributed by atoms with Crippen LogP contribution in [0.15, 0.2) is 110 Å². The van der Waals surface area contributed by atoms with Gasteiger partial charge in [-0.2, -0.15) is 15.3 Å². The Balaban J connectivity index is 0.000000122. The van der Waals surface area contributed by atoms with E-state index in [1.807, 2.05) is 31.2 Å². The van der Waals surface area contributed by atoms with Crippen LogP contribution in [0.2, 0.25) is 0 Å². The van der Waals surface area contributed by atoms with Crippen LogP contribution in [-0.4, -0.2) is 115 Å². The van der Waals surface area contributed by atoms with Crippen molar-refractivity contribution < 1.29 is 41.1 Å². The summed E-state index contributed by atoms with van der Waals surface area (Å²) in [6, 6.07) is 24.1. The number of methoxy groups -OCH3 is 1. The van der Waals surface area contributed by atoms with Crippen molar-refractivity contribution in [1.29, 1.82) is 0 Å². The Kier molecular flexibility index (Phi) is 14.9. The van der Waals surface area contributed by atoms with Crippen molar-refractivity contribution in [2.45, 2.75) is 95.7 Å². The number of fused-ring (bicyclic) bond motifs is 7. The zero-order valence-corrected chi connectivity index (χ0v) is 50.6. The number of anilines is 3. The van der Waals surface area contributed by atoms with Gasteiger partial charge in [0.25, 0.3) is 0 Å². The van der Waals surface area contributed by atoms with Crippen LogP contribution >= 0.6 is 0 Å². The van der Waals surface area contributed by atoms with Crippen molar-refractivity contribution >= 4 is 68.3 Å². The minimum Gasteiger partial charge on any atom is -0.497 e.